The Bertz CT molecular complexity index is 266. The monoisotopic (exact) mass is 169 g/mol. The van der Waals surface area contributed by atoms with E-state index in [0.717, 1.165) is 17.0 Å². The van der Waals surface area contributed by atoms with E-state index in [4.69, 9.17) is 10.2 Å². The molecule has 0 fully saturated rings. The van der Waals surface area contributed by atoms with Gasteiger partial charge in [0.25, 0.3) is 0 Å². The van der Waals surface area contributed by atoms with Gasteiger partial charge in [-0.2, -0.15) is 0 Å². The van der Waals surface area contributed by atoms with Gasteiger partial charge in [-0.05, 0) is 25.5 Å². The summed E-state index contributed by atoms with van der Waals surface area (Å²) in [5.41, 5.74) is 3.15. The molecule has 0 aliphatic rings. The summed E-state index contributed by atoms with van der Waals surface area (Å²) in [5, 5.41) is 17.8. The maximum absolute atomic E-state index is 8.98. The van der Waals surface area contributed by atoms with Gasteiger partial charge in [0.2, 0.25) is 0 Å². The number of rotatable bonds is 3. The highest BCUT2D eigenvalue weighted by Gasteiger charge is 2.06. The number of aromatic nitrogens is 1. The molecule has 0 bridgehead atoms. The minimum atomic E-state index is 0.0364. The molecule has 3 nitrogen and oxygen atoms in total. The van der Waals surface area contributed by atoms with Crippen LogP contribution >= 0.6 is 0 Å². The maximum atomic E-state index is 8.98. The summed E-state index contributed by atoms with van der Waals surface area (Å²) < 4.78 is 1.94. The average molecular weight is 169 g/mol. The molecule has 3 heteroatoms. The van der Waals surface area contributed by atoms with Crippen LogP contribution in [0.15, 0.2) is 6.07 Å². The first-order chi connectivity index (χ1) is 5.70. The summed E-state index contributed by atoms with van der Waals surface area (Å²) in [6.45, 7) is 4.71. The molecule has 0 aliphatic carbocycles. The summed E-state index contributed by atoms with van der Waals surface area (Å²) in [4.78, 5) is 0. The number of nitrogens with zero attached hydrogens (tertiary/aromatic N) is 1. The Morgan fingerprint density at radius 2 is 2.00 bits per heavy atom. The fourth-order valence-corrected chi connectivity index (χ4v) is 1.40. The predicted molar refractivity (Wildman–Crippen MR) is 46.9 cm³/mol. The fourth-order valence-electron chi connectivity index (χ4n) is 1.40. The Balaban J connectivity index is 3.03. The first-order valence-corrected chi connectivity index (χ1v) is 4.08. The topological polar surface area (TPSA) is 45.4 Å². The number of aryl methyl sites for hydroxylation is 1. The normalized spacial score (nSPS) is 10.7. The van der Waals surface area contributed by atoms with E-state index in [-0.39, 0.29) is 13.2 Å². The lowest BCUT2D eigenvalue weighted by molar-refractivity contribution is 0.250. The van der Waals surface area contributed by atoms with E-state index in [1.165, 1.54) is 0 Å². The zero-order valence-corrected chi connectivity index (χ0v) is 7.54. The Hall–Kier alpha value is -0.800. The molecule has 0 saturated carbocycles. The van der Waals surface area contributed by atoms with Gasteiger partial charge in [-0.25, -0.2) is 0 Å². The van der Waals surface area contributed by atoms with Gasteiger partial charge in [-0.3, -0.25) is 0 Å². The largest absolute Gasteiger partial charge is 0.395 e. The van der Waals surface area contributed by atoms with Gasteiger partial charge in [-0.15, -0.1) is 0 Å². The van der Waals surface area contributed by atoms with E-state index >= 15 is 0 Å². The molecule has 0 aromatic carbocycles. The average Bonchev–Trinajstić information content (AvgIpc) is 2.33. The highest BCUT2D eigenvalue weighted by Crippen LogP contribution is 2.13. The molecule has 1 aromatic heterocycles. The number of aliphatic hydroxyl groups excluding tert-OH is 2. The minimum Gasteiger partial charge on any atom is -0.395 e. The van der Waals surface area contributed by atoms with Crippen LogP contribution in [-0.4, -0.2) is 21.4 Å². The molecule has 0 radical (unpaired) electrons. The van der Waals surface area contributed by atoms with Gasteiger partial charge < -0.3 is 14.8 Å². The molecule has 12 heavy (non-hydrogen) atoms. The Morgan fingerprint density at radius 3 is 2.50 bits per heavy atom. The minimum absolute atomic E-state index is 0.0364. The van der Waals surface area contributed by atoms with E-state index in [0.29, 0.717) is 6.54 Å². The fraction of sp³-hybridized carbons (Fsp3) is 0.556. The van der Waals surface area contributed by atoms with E-state index in [2.05, 4.69) is 0 Å². The second-order valence-electron chi connectivity index (χ2n) is 2.94. The van der Waals surface area contributed by atoms with Crippen LogP contribution in [-0.2, 0) is 13.2 Å². The second kappa shape index (κ2) is 3.74. The highest BCUT2D eigenvalue weighted by atomic mass is 16.3. The van der Waals surface area contributed by atoms with Gasteiger partial charge >= 0.3 is 0 Å². The van der Waals surface area contributed by atoms with Crippen molar-refractivity contribution in [3.8, 4) is 0 Å². The van der Waals surface area contributed by atoms with Crippen LogP contribution < -0.4 is 0 Å². The van der Waals surface area contributed by atoms with E-state index in [9.17, 15) is 0 Å². The molecular formula is C9H15NO2. The summed E-state index contributed by atoms with van der Waals surface area (Å²) in [6, 6.07) is 1.95. The van der Waals surface area contributed by atoms with Crippen LogP contribution in [0.25, 0.3) is 0 Å². The zero-order chi connectivity index (χ0) is 9.14. The van der Waals surface area contributed by atoms with Crippen LogP contribution in [0.4, 0.5) is 0 Å². The molecule has 68 valence electrons. The summed E-state index contributed by atoms with van der Waals surface area (Å²) in [5.74, 6) is 0. The lowest BCUT2D eigenvalue weighted by atomic mass is 10.3. The molecule has 0 amide bonds. The molecule has 1 rings (SSSR count). The van der Waals surface area contributed by atoms with E-state index in [1.54, 1.807) is 0 Å². The van der Waals surface area contributed by atoms with Crippen molar-refractivity contribution < 1.29 is 10.2 Å². The molecular weight excluding hydrogens is 154 g/mol. The van der Waals surface area contributed by atoms with Crippen molar-refractivity contribution in [2.24, 2.45) is 0 Å². The van der Waals surface area contributed by atoms with Crippen LogP contribution in [0, 0.1) is 13.8 Å². The third kappa shape index (κ3) is 1.52. The molecule has 2 N–H and O–H groups in total. The third-order valence-corrected chi connectivity index (χ3v) is 2.19. The number of aliphatic hydroxyl groups is 2. The molecule has 0 aliphatic heterocycles. The Labute approximate surface area is 72.3 Å². The van der Waals surface area contributed by atoms with Gasteiger partial charge in [0.05, 0.1) is 13.2 Å². The SMILES string of the molecule is Cc1cc(CO)n(CCO)c1C. The van der Waals surface area contributed by atoms with Crippen LogP contribution in [0.5, 0.6) is 0 Å². The number of hydrogen-bond donors (Lipinski definition) is 2. The van der Waals surface area contributed by atoms with Gasteiger partial charge in [0.15, 0.2) is 0 Å². The summed E-state index contributed by atoms with van der Waals surface area (Å²) in [7, 11) is 0. The lowest BCUT2D eigenvalue weighted by Crippen LogP contribution is -2.07. The first-order valence-electron chi connectivity index (χ1n) is 4.08. The molecule has 0 atom stereocenters. The zero-order valence-electron chi connectivity index (χ0n) is 7.54. The second-order valence-corrected chi connectivity index (χ2v) is 2.94. The third-order valence-electron chi connectivity index (χ3n) is 2.19. The van der Waals surface area contributed by atoms with Gasteiger partial charge in [0.1, 0.15) is 0 Å². The maximum Gasteiger partial charge on any atom is 0.0833 e. The predicted octanol–water partition coefficient (Wildman–Crippen LogP) is 0.590. The molecule has 1 aromatic rings. The quantitative estimate of drug-likeness (QED) is 0.695. The molecule has 0 unspecified atom stereocenters. The van der Waals surface area contributed by atoms with Crippen LogP contribution in [0.3, 0.4) is 0 Å². The van der Waals surface area contributed by atoms with Crippen molar-refractivity contribution in [1.29, 1.82) is 0 Å². The van der Waals surface area contributed by atoms with Crippen molar-refractivity contribution in [1.82, 2.24) is 4.57 Å². The lowest BCUT2D eigenvalue weighted by Gasteiger charge is -2.07. The smallest absolute Gasteiger partial charge is 0.0833 e. The molecule has 0 saturated heterocycles. The Kier molecular flexibility index (Phi) is 2.89. The highest BCUT2D eigenvalue weighted by molar-refractivity contribution is 5.25. The van der Waals surface area contributed by atoms with E-state index in [1.807, 2.05) is 24.5 Å². The van der Waals surface area contributed by atoms with Crippen molar-refractivity contribution in [2.75, 3.05) is 6.61 Å². The number of hydrogen-bond acceptors (Lipinski definition) is 2. The van der Waals surface area contributed by atoms with Crippen molar-refractivity contribution in [2.45, 2.75) is 27.0 Å². The van der Waals surface area contributed by atoms with Crippen molar-refractivity contribution in [3.05, 3.63) is 23.0 Å². The summed E-state index contributed by atoms with van der Waals surface area (Å²) in [6.07, 6.45) is 0. The van der Waals surface area contributed by atoms with Crippen molar-refractivity contribution >= 4 is 0 Å². The van der Waals surface area contributed by atoms with E-state index < -0.39 is 0 Å². The standard InChI is InChI=1S/C9H15NO2/c1-7-5-9(6-12)10(3-4-11)8(7)2/h5,11-12H,3-4,6H2,1-2H3. The summed E-state index contributed by atoms with van der Waals surface area (Å²) >= 11 is 0. The first kappa shape index (κ1) is 9.29. The van der Waals surface area contributed by atoms with Gasteiger partial charge in [-0.1, -0.05) is 0 Å². The van der Waals surface area contributed by atoms with Gasteiger partial charge in [0, 0.05) is 17.9 Å². The Morgan fingerprint density at radius 1 is 1.33 bits per heavy atom. The van der Waals surface area contributed by atoms with Crippen LogP contribution in [0.2, 0.25) is 0 Å². The molecule has 0 spiro atoms. The van der Waals surface area contributed by atoms with Crippen molar-refractivity contribution in [3.63, 3.8) is 0 Å². The van der Waals surface area contributed by atoms with Crippen LogP contribution in [0.1, 0.15) is 17.0 Å². The molecule has 1 heterocycles.